The monoisotopic (exact) mass is 740 g/mol. The molecule has 0 bridgehead atoms. The molecule has 0 fully saturated rings. The van der Waals surface area contributed by atoms with Crippen LogP contribution in [0.1, 0.15) is 0 Å². The Morgan fingerprint density at radius 3 is 2.19 bits per heavy atom. The molecule has 0 atom stereocenters. The van der Waals surface area contributed by atoms with Gasteiger partial charge in [-0.05, 0) is 45.9 Å². The van der Waals surface area contributed by atoms with Crippen LogP contribution in [0.15, 0.2) is 126 Å². The topological polar surface area (TPSA) is 51.8 Å². The summed E-state index contributed by atoms with van der Waals surface area (Å²) >= 11 is 0. The normalized spacial score (nSPS) is 11.0. The Balaban J connectivity index is 0.000000228. The quantitative estimate of drug-likeness (QED) is 0.134. The molecule has 7 aromatic rings. The van der Waals surface area contributed by atoms with Crippen LogP contribution in [-0.4, -0.2) is 23.0 Å². The molecule has 0 aliphatic carbocycles. The van der Waals surface area contributed by atoms with E-state index in [1.807, 2.05) is 60.7 Å². The molecule has 1 radical (unpaired) electrons. The van der Waals surface area contributed by atoms with Gasteiger partial charge in [0.15, 0.2) is 0 Å². The van der Waals surface area contributed by atoms with E-state index in [-0.39, 0.29) is 20.1 Å². The first-order chi connectivity index (χ1) is 20.0. The summed E-state index contributed by atoms with van der Waals surface area (Å²) in [7, 11) is -1.55. The molecule has 0 amide bonds. The molecule has 0 saturated heterocycles. The molecule has 7 rings (SSSR count). The third-order valence-electron chi connectivity index (χ3n) is 6.90. The van der Waals surface area contributed by atoms with Crippen molar-refractivity contribution in [2.75, 3.05) is 0 Å². The molecule has 0 N–H and O–H groups in total. The Morgan fingerprint density at radius 1 is 0.667 bits per heavy atom. The Hall–Kier alpha value is -4.22. The molecule has 209 valence electrons. The standard InChI is InChI=1S/C25H21N2OSi.C11H8N.Ir/c1-29(2,3)24-16-27-22(15-20(24)17-8-5-4-6-9-17)18-11-12-23-21(14-18)19-10-7-13-26-25(19)28-23;1-2-6-10(7-3-1)11-8-4-5-9-12-11;/h4-10,12-16H,1-3H3;1-6,8-9H;/q2*-1;. The minimum absolute atomic E-state index is 0. The third kappa shape index (κ3) is 6.31. The van der Waals surface area contributed by atoms with Gasteiger partial charge in [-0.25, -0.2) is 4.98 Å². The molecule has 4 heterocycles. The molecule has 0 aliphatic heterocycles. The summed E-state index contributed by atoms with van der Waals surface area (Å²) in [5, 5.41) is 3.42. The number of aromatic nitrogens is 3. The fourth-order valence-corrected chi connectivity index (χ4v) is 6.31. The fraction of sp³-hybridized carbons (Fsp3) is 0.0833. The van der Waals surface area contributed by atoms with E-state index in [9.17, 15) is 0 Å². The van der Waals surface area contributed by atoms with Gasteiger partial charge in [-0.1, -0.05) is 73.6 Å². The van der Waals surface area contributed by atoms with Crippen LogP contribution in [0.3, 0.4) is 0 Å². The summed E-state index contributed by atoms with van der Waals surface area (Å²) in [6.45, 7) is 7.08. The molecule has 0 saturated carbocycles. The molecule has 0 aliphatic rings. The van der Waals surface area contributed by atoms with Crippen molar-refractivity contribution in [2.24, 2.45) is 0 Å². The first kappa shape index (κ1) is 29.3. The summed E-state index contributed by atoms with van der Waals surface area (Å²) in [5.41, 5.74) is 7.84. The van der Waals surface area contributed by atoms with Crippen LogP contribution >= 0.6 is 0 Å². The smallest absolute Gasteiger partial charge is 0.216 e. The molecule has 6 heteroatoms. The van der Waals surface area contributed by atoms with Crippen molar-refractivity contribution in [1.82, 2.24) is 15.0 Å². The van der Waals surface area contributed by atoms with Gasteiger partial charge in [-0.3, -0.25) is 0 Å². The van der Waals surface area contributed by atoms with E-state index in [2.05, 4.69) is 90.4 Å². The van der Waals surface area contributed by atoms with Crippen molar-refractivity contribution < 1.29 is 24.5 Å². The predicted octanol–water partition coefficient (Wildman–Crippen LogP) is 8.60. The zero-order valence-corrected chi connectivity index (χ0v) is 27.0. The van der Waals surface area contributed by atoms with Crippen molar-refractivity contribution >= 4 is 35.3 Å². The van der Waals surface area contributed by atoms with E-state index in [0.717, 1.165) is 38.9 Å². The number of hydrogen-bond donors (Lipinski definition) is 0. The second kappa shape index (κ2) is 12.7. The van der Waals surface area contributed by atoms with Gasteiger partial charge in [-0.2, -0.15) is 0 Å². The van der Waals surface area contributed by atoms with Crippen molar-refractivity contribution in [2.45, 2.75) is 19.6 Å². The van der Waals surface area contributed by atoms with Crippen molar-refractivity contribution in [3.05, 3.63) is 134 Å². The van der Waals surface area contributed by atoms with Crippen molar-refractivity contribution in [1.29, 1.82) is 0 Å². The van der Waals surface area contributed by atoms with E-state index in [4.69, 9.17) is 9.40 Å². The minimum atomic E-state index is -1.55. The first-order valence-electron chi connectivity index (χ1n) is 13.6. The number of benzene rings is 3. The maximum atomic E-state index is 5.84. The third-order valence-corrected chi connectivity index (χ3v) is 8.92. The Labute approximate surface area is 260 Å². The van der Waals surface area contributed by atoms with E-state index < -0.39 is 8.07 Å². The van der Waals surface area contributed by atoms with E-state index in [0.29, 0.717) is 5.71 Å². The number of furan rings is 1. The number of nitrogens with zero attached hydrogens (tertiary/aromatic N) is 3. The van der Waals surface area contributed by atoms with Gasteiger partial charge in [0.2, 0.25) is 5.71 Å². The summed E-state index contributed by atoms with van der Waals surface area (Å²) in [5.74, 6) is 0. The largest absolute Gasteiger partial charge is 0.486 e. The molecular weight excluding hydrogens is 711 g/mol. The number of hydrogen-bond acceptors (Lipinski definition) is 4. The van der Waals surface area contributed by atoms with Crippen molar-refractivity contribution in [3.8, 4) is 33.6 Å². The van der Waals surface area contributed by atoms with Gasteiger partial charge < -0.3 is 14.4 Å². The number of pyridine rings is 3. The zero-order valence-electron chi connectivity index (χ0n) is 23.6. The van der Waals surface area contributed by atoms with E-state index >= 15 is 0 Å². The Morgan fingerprint density at radius 2 is 1.45 bits per heavy atom. The number of fused-ring (bicyclic) bond motifs is 3. The van der Waals surface area contributed by atoms with Crippen LogP contribution in [0.2, 0.25) is 19.6 Å². The zero-order chi connectivity index (χ0) is 28.2. The SMILES string of the molecule is C[Si](C)(C)c1cnc(-c2[c-]cc3oc4ncccc4c3c2)cc1-c1ccccc1.[Ir].[c-]1ccccc1-c1ccccn1. The van der Waals surface area contributed by atoms with Gasteiger partial charge in [0.1, 0.15) is 0 Å². The van der Waals surface area contributed by atoms with E-state index in [1.165, 1.54) is 16.3 Å². The molecule has 0 spiro atoms. The summed E-state index contributed by atoms with van der Waals surface area (Å²) in [4.78, 5) is 13.4. The van der Waals surface area contributed by atoms with Crippen LogP contribution < -0.4 is 5.19 Å². The summed E-state index contributed by atoms with van der Waals surface area (Å²) in [6, 6.07) is 40.9. The van der Waals surface area contributed by atoms with E-state index in [1.54, 1.807) is 12.4 Å². The summed E-state index contributed by atoms with van der Waals surface area (Å²) < 4.78 is 5.84. The minimum Gasteiger partial charge on any atom is -0.486 e. The fourth-order valence-electron chi connectivity index (χ4n) is 4.83. The van der Waals surface area contributed by atoms with Crippen LogP contribution in [0, 0.1) is 12.1 Å². The molecule has 42 heavy (non-hydrogen) atoms. The molecule has 4 aromatic heterocycles. The Bertz CT molecular complexity index is 1880. The first-order valence-corrected chi connectivity index (χ1v) is 17.1. The van der Waals surface area contributed by atoms with Crippen LogP contribution in [0.5, 0.6) is 0 Å². The number of rotatable bonds is 4. The van der Waals surface area contributed by atoms with Crippen LogP contribution in [-0.2, 0) is 20.1 Å². The van der Waals surface area contributed by atoms with Gasteiger partial charge in [-0.15, -0.1) is 59.7 Å². The molecule has 4 nitrogen and oxygen atoms in total. The predicted molar refractivity (Wildman–Crippen MR) is 171 cm³/mol. The second-order valence-electron chi connectivity index (χ2n) is 10.8. The summed E-state index contributed by atoms with van der Waals surface area (Å²) in [6.07, 6.45) is 5.60. The maximum Gasteiger partial charge on any atom is 0.216 e. The van der Waals surface area contributed by atoms with Gasteiger partial charge in [0.05, 0.1) is 13.7 Å². The Kier molecular flexibility index (Phi) is 8.88. The molecule has 0 unspecified atom stereocenters. The van der Waals surface area contributed by atoms with Gasteiger partial charge in [0, 0.05) is 44.1 Å². The average Bonchev–Trinajstić information content (AvgIpc) is 3.40. The van der Waals surface area contributed by atoms with Crippen molar-refractivity contribution in [3.63, 3.8) is 0 Å². The average molecular weight is 740 g/mol. The van der Waals surface area contributed by atoms with Gasteiger partial charge >= 0.3 is 0 Å². The van der Waals surface area contributed by atoms with Gasteiger partial charge in [0.25, 0.3) is 0 Å². The molecule has 3 aromatic carbocycles. The maximum absolute atomic E-state index is 5.84. The second-order valence-corrected chi connectivity index (χ2v) is 15.8. The van der Waals surface area contributed by atoms with Crippen LogP contribution in [0.25, 0.3) is 55.7 Å². The molecular formula is C36H29IrN3OSi-2. The van der Waals surface area contributed by atoms with Crippen LogP contribution in [0.4, 0.5) is 0 Å².